The van der Waals surface area contributed by atoms with E-state index in [0.717, 1.165) is 25.3 Å². The zero-order valence-electron chi connectivity index (χ0n) is 11.0. The summed E-state index contributed by atoms with van der Waals surface area (Å²) >= 11 is 0. The summed E-state index contributed by atoms with van der Waals surface area (Å²) in [4.78, 5) is 12.7. The minimum Gasteiger partial charge on any atom is -0.480 e. The largest absolute Gasteiger partial charge is 0.480 e. The molecule has 2 atom stereocenters. The van der Waals surface area contributed by atoms with Crippen LogP contribution in [0.15, 0.2) is 0 Å². The number of nitrogens with one attached hydrogen (secondary N) is 1. The highest BCUT2D eigenvalue weighted by atomic mass is 19.3. The Morgan fingerprint density at radius 2 is 2.05 bits per heavy atom. The van der Waals surface area contributed by atoms with Gasteiger partial charge in [-0.1, -0.05) is 12.8 Å². The monoisotopic (exact) mass is 276 g/mol. The molecule has 19 heavy (non-hydrogen) atoms. The van der Waals surface area contributed by atoms with Gasteiger partial charge in [-0.25, -0.2) is 8.78 Å². The topological polar surface area (TPSA) is 52.6 Å². The third-order valence-electron chi connectivity index (χ3n) is 3.90. The first kappa shape index (κ1) is 14.7. The fraction of sp³-hybridized carbons (Fsp3) is 0.923. The highest BCUT2D eigenvalue weighted by Gasteiger charge is 2.32. The fourth-order valence-corrected chi connectivity index (χ4v) is 3.02. The van der Waals surface area contributed by atoms with Crippen molar-refractivity contribution in [1.29, 1.82) is 0 Å². The Kier molecular flexibility index (Phi) is 5.10. The normalized spacial score (nSPS) is 28.8. The summed E-state index contributed by atoms with van der Waals surface area (Å²) in [7, 11) is 0. The van der Waals surface area contributed by atoms with Gasteiger partial charge in [-0.15, -0.1) is 0 Å². The van der Waals surface area contributed by atoms with Crippen LogP contribution in [-0.4, -0.2) is 54.6 Å². The average molecular weight is 276 g/mol. The first-order chi connectivity index (χ1) is 9.02. The van der Waals surface area contributed by atoms with Crippen LogP contribution in [0.25, 0.3) is 0 Å². The maximum atomic E-state index is 12.2. The lowest BCUT2D eigenvalue weighted by molar-refractivity contribution is -0.138. The van der Waals surface area contributed by atoms with Gasteiger partial charge in [0.15, 0.2) is 0 Å². The molecule has 0 radical (unpaired) electrons. The fourth-order valence-electron chi connectivity index (χ4n) is 3.02. The molecule has 2 rings (SSSR count). The number of carboxylic acid groups (broad SMARTS) is 1. The van der Waals surface area contributed by atoms with Crippen molar-refractivity contribution in [2.45, 2.75) is 38.2 Å². The van der Waals surface area contributed by atoms with Crippen LogP contribution in [0.1, 0.15) is 25.7 Å². The second-order valence-electron chi connectivity index (χ2n) is 5.86. The van der Waals surface area contributed by atoms with Crippen LogP contribution in [0, 0.1) is 11.8 Å². The van der Waals surface area contributed by atoms with Gasteiger partial charge in [0, 0.05) is 19.1 Å². The SMILES string of the molecule is O=C(O)CN1CC(CC2CC2)CC(NCC(F)F)C1. The first-order valence-corrected chi connectivity index (χ1v) is 6.98. The lowest BCUT2D eigenvalue weighted by Crippen LogP contribution is -2.51. The van der Waals surface area contributed by atoms with E-state index >= 15 is 0 Å². The summed E-state index contributed by atoms with van der Waals surface area (Å²) in [5.41, 5.74) is 0. The number of aliphatic carboxylic acids is 1. The van der Waals surface area contributed by atoms with Crippen LogP contribution in [0.5, 0.6) is 0 Å². The third-order valence-corrected chi connectivity index (χ3v) is 3.90. The summed E-state index contributed by atoms with van der Waals surface area (Å²) in [6.07, 6.45) is 2.19. The molecule has 1 saturated heterocycles. The van der Waals surface area contributed by atoms with Crippen molar-refractivity contribution in [3.63, 3.8) is 0 Å². The number of hydrogen-bond acceptors (Lipinski definition) is 3. The predicted molar refractivity (Wildman–Crippen MR) is 67.3 cm³/mol. The van der Waals surface area contributed by atoms with Crippen molar-refractivity contribution >= 4 is 5.97 Å². The molecule has 4 nitrogen and oxygen atoms in total. The first-order valence-electron chi connectivity index (χ1n) is 6.98. The van der Waals surface area contributed by atoms with E-state index in [1.165, 1.54) is 12.8 Å². The summed E-state index contributed by atoms with van der Waals surface area (Å²) in [5.74, 6) is 0.376. The van der Waals surface area contributed by atoms with Gasteiger partial charge in [0.05, 0.1) is 13.1 Å². The molecule has 1 aliphatic carbocycles. The molecular formula is C13H22F2N2O2. The van der Waals surface area contributed by atoms with Crippen molar-refractivity contribution in [2.24, 2.45) is 11.8 Å². The van der Waals surface area contributed by atoms with Gasteiger partial charge < -0.3 is 10.4 Å². The van der Waals surface area contributed by atoms with Crippen molar-refractivity contribution < 1.29 is 18.7 Å². The summed E-state index contributed by atoms with van der Waals surface area (Å²) in [5, 5.41) is 11.7. The Morgan fingerprint density at radius 3 is 2.63 bits per heavy atom. The van der Waals surface area contributed by atoms with E-state index in [9.17, 15) is 13.6 Å². The van der Waals surface area contributed by atoms with Crippen LogP contribution in [0.2, 0.25) is 0 Å². The molecule has 0 amide bonds. The number of hydrogen-bond donors (Lipinski definition) is 2. The number of alkyl halides is 2. The molecule has 2 unspecified atom stereocenters. The molecule has 1 saturated carbocycles. The van der Waals surface area contributed by atoms with Crippen molar-refractivity contribution in [3.8, 4) is 0 Å². The zero-order valence-corrected chi connectivity index (χ0v) is 11.0. The van der Waals surface area contributed by atoms with Gasteiger partial charge in [0.1, 0.15) is 0 Å². The summed E-state index contributed by atoms with van der Waals surface area (Å²) < 4.78 is 24.5. The van der Waals surface area contributed by atoms with Crippen molar-refractivity contribution in [3.05, 3.63) is 0 Å². The molecule has 1 aliphatic heterocycles. The van der Waals surface area contributed by atoms with E-state index in [-0.39, 0.29) is 19.1 Å². The zero-order chi connectivity index (χ0) is 13.8. The van der Waals surface area contributed by atoms with E-state index in [2.05, 4.69) is 5.32 Å². The van der Waals surface area contributed by atoms with Crippen molar-refractivity contribution in [2.75, 3.05) is 26.2 Å². The van der Waals surface area contributed by atoms with Gasteiger partial charge in [-0.2, -0.15) is 0 Å². The van der Waals surface area contributed by atoms with Crippen LogP contribution in [0.4, 0.5) is 8.78 Å². The second-order valence-corrected chi connectivity index (χ2v) is 5.86. The number of halogens is 2. The number of nitrogens with zero attached hydrogens (tertiary/aromatic N) is 1. The molecule has 1 heterocycles. The number of carbonyl (C=O) groups is 1. The highest BCUT2D eigenvalue weighted by Crippen LogP contribution is 2.37. The van der Waals surface area contributed by atoms with Crippen LogP contribution in [-0.2, 0) is 4.79 Å². The Labute approximate surface area is 112 Å². The van der Waals surface area contributed by atoms with Gasteiger partial charge in [0.2, 0.25) is 0 Å². The average Bonchev–Trinajstić information content (AvgIpc) is 3.09. The van der Waals surface area contributed by atoms with Gasteiger partial charge in [-0.3, -0.25) is 9.69 Å². The third kappa shape index (κ3) is 5.40. The molecule has 6 heteroatoms. The number of carboxylic acids is 1. The van der Waals surface area contributed by atoms with Gasteiger partial charge in [0.25, 0.3) is 6.43 Å². The van der Waals surface area contributed by atoms with Gasteiger partial charge >= 0.3 is 5.97 Å². The predicted octanol–water partition coefficient (Wildman–Crippen LogP) is 1.42. The Hall–Kier alpha value is -0.750. The smallest absolute Gasteiger partial charge is 0.317 e. The summed E-state index contributed by atoms with van der Waals surface area (Å²) in [6.45, 7) is 1.05. The molecule has 2 fully saturated rings. The molecule has 2 aliphatic rings. The summed E-state index contributed by atoms with van der Waals surface area (Å²) in [6, 6.07) is -0.00847. The molecule has 0 spiro atoms. The molecule has 0 aromatic heterocycles. The number of rotatable bonds is 7. The molecule has 2 N–H and O–H groups in total. The molecular weight excluding hydrogens is 254 g/mol. The Bertz CT molecular complexity index is 311. The Balaban J connectivity index is 1.84. The van der Waals surface area contributed by atoms with E-state index in [0.29, 0.717) is 12.5 Å². The van der Waals surface area contributed by atoms with E-state index in [1.807, 2.05) is 4.90 Å². The Morgan fingerprint density at radius 1 is 1.32 bits per heavy atom. The molecule has 0 aromatic rings. The minimum absolute atomic E-state index is 0.00796. The highest BCUT2D eigenvalue weighted by molar-refractivity contribution is 5.69. The van der Waals surface area contributed by atoms with Gasteiger partial charge in [-0.05, 0) is 24.7 Å². The lowest BCUT2D eigenvalue weighted by atomic mass is 9.89. The van der Waals surface area contributed by atoms with E-state index < -0.39 is 12.4 Å². The molecule has 0 aromatic carbocycles. The quantitative estimate of drug-likeness (QED) is 0.738. The standard InChI is InChI=1S/C13H22F2N2O2/c14-12(15)5-16-11-4-10(3-9-1-2-9)6-17(7-11)8-13(18)19/h9-12,16H,1-8H2,(H,18,19). The minimum atomic E-state index is -2.35. The van der Waals surface area contributed by atoms with Crippen LogP contribution < -0.4 is 5.32 Å². The second kappa shape index (κ2) is 6.61. The van der Waals surface area contributed by atoms with Crippen molar-refractivity contribution in [1.82, 2.24) is 10.2 Å². The maximum absolute atomic E-state index is 12.2. The lowest BCUT2D eigenvalue weighted by Gasteiger charge is -2.37. The van der Waals surface area contributed by atoms with Crippen LogP contribution >= 0.6 is 0 Å². The van der Waals surface area contributed by atoms with Crippen LogP contribution in [0.3, 0.4) is 0 Å². The maximum Gasteiger partial charge on any atom is 0.317 e. The number of likely N-dealkylation sites (tertiary alicyclic amines) is 1. The molecule has 110 valence electrons. The van der Waals surface area contributed by atoms with E-state index in [1.54, 1.807) is 0 Å². The van der Waals surface area contributed by atoms with E-state index in [4.69, 9.17) is 5.11 Å². The molecule has 0 bridgehead atoms. The number of piperidine rings is 1.